The van der Waals surface area contributed by atoms with Crippen molar-refractivity contribution in [1.29, 1.82) is 0 Å². The lowest BCUT2D eigenvalue weighted by Crippen LogP contribution is -2.22. The Morgan fingerprint density at radius 3 is 2.03 bits per heavy atom. The summed E-state index contributed by atoms with van der Waals surface area (Å²) in [5.41, 5.74) is 2.42. The maximum Gasteiger partial charge on any atom is 0.345 e. The summed E-state index contributed by atoms with van der Waals surface area (Å²) >= 11 is 0. The summed E-state index contributed by atoms with van der Waals surface area (Å²) in [7, 11) is 7.30. The number of carbonyl (C=O) groups excluding carboxylic acids is 1. The molecule has 158 valence electrons. The van der Waals surface area contributed by atoms with Crippen molar-refractivity contribution in [3.8, 4) is 11.5 Å². The Balaban J connectivity index is 2.15. The summed E-state index contributed by atoms with van der Waals surface area (Å²) in [6, 6.07) is 12.8. The van der Waals surface area contributed by atoms with Crippen LogP contribution in [0.5, 0.6) is 11.5 Å². The number of aryl methyl sites for hydroxylation is 1. The van der Waals surface area contributed by atoms with Crippen molar-refractivity contribution in [2.75, 3.05) is 42.3 Å². The van der Waals surface area contributed by atoms with Gasteiger partial charge in [0.2, 0.25) is 0 Å². The maximum atomic E-state index is 12.9. The van der Waals surface area contributed by atoms with Crippen LogP contribution in [0.4, 0.5) is 0 Å². The molecule has 0 saturated heterocycles. The minimum Gasteiger partial charge on any atom is -0.457 e. The summed E-state index contributed by atoms with van der Waals surface area (Å²) in [6.45, 7) is 2.15. The van der Waals surface area contributed by atoms with E-state index >= 15 is 0 Å². The number of nitrogens with zero attached hydrogens (tertiary/aromatic N) is 3. The molecule has 0 unspecified atom stereocenters. The standard InChI is InChI=1S/C21H30N3O4P/c1-16-8-9-17(15-27-29(26,23(4)5)24(6)7)14-20(16)28-19-12-10-18(11-13-19)21(25)22(2)3/h8-14H,15H2,1-7H3. The van der Waals surface area contributed by atoms with Crippen molar-refractivity contribution < 1.29 is 18.6 Å². The van der Waals surface area contributed by atoms with Crippen LogP contribution in [0, 0.1) is 6.92 Å². The highest BCUT2D eigenvalue weighted by atomic mass is 31.2. The Morgan fingerprint density at radius 2 is 1.52 bits per heavy atom. The molecule has 0 atom stereocenters. The van der Waals surface area contributed by atoms with Crippen LogP contribution in [0.3, 0.4) is 0 Å². The van der Waals surface area contributed by atoms with E-state index in [9.17, 15) is 9.36 Å². The Kier molecular flexibility index (Phi) is 7.60. The number of ether oxygens (including phenoxy) is 1. The van der Waals surface area contributed by atoms with Gasteiger partial charge >= 0.3 is 7.67 Å². The Labute approximate surface area is 173 Å². The average Bonchev–Trinajstić information content (AvgIpc) is 2.67. The smallest absolute Gasteiger partial charge is 0.345 e. The first-order valence-electron chi connectivity index (χ1n) is 9.24. The van der Waals surface area contributed by atoms with Crippen molar-refractivity contribution >= 4 is 13.6 Å². The molecule has 0 aliphatic carbocycles. The van der Waals surface area contributed by atoms with Gasteiger partial charge in [-0.2, -0.15) is 0 Å². The third-order valence-electron chi connectivity index (χ3n) is 4.40. The minimum absolute atomic E-state index is 0.0573. The van der Waals surface area contributed by atoms with E-state index in [1.54, 1.807) is 75.9 Å². The van der Waals surface area contributed by atoms with E-state index in [4.69, 9.17) is 9.26 Å². The van der Waals surface area contributed by atoms with E-state index in [-0.39, 0.29) is 12.5 Å². The normalized spacial score (nSPS) is 11.8. The summed E-state index contributed by atoms with van der Waals surface area (Å²) in [6.07, 6.45) is 0. The first-order valence-corrected chi connectivity index (χ1v) is 10.8. The first kappa shape index (κ1) is 23.1. The molecular formula is C21H30N3O4P. The van der Waals surface area contributed by atoms with Gasteiger partial charge < -0.3 is 14.2 Å². The van der Waals surface area contributed by atoms with Crippen LogP contribution in [0.25, 0.3) is 0 Å². The molecule has 0 radical (unpaired) electrons. The average molecular weight is 419 g/mol. The van der Waals surface area contributed by atoms with Gasteiger partial charge in [0.25, 0.3) is 5.91 Å². The van der Waals surface area contributed by atoms with Gasteiger partial charge in [-0.3, -0.25) is 9.36 Å². The molecule has 2 rings (SSSR count). The molecule has 0 aliphatic rings. The molecule has 0 N–H and O–H groups in total. The molecule has 0 heterocycles. The molecule has 0 saturated carbocycles. The molecule has 0 fully saturated rings. The SMILES string of the molecule is Cc1ccc(COP(=O)(N(C)C)N(C)C)cc1Oc1ccc(C(=O)N(C)C)cc1. The molecular weight excluding hydrogens is 389 g/mol. The van der Waals surface area contributed by atoms with Crippen LogP contribution < -0.4 is 4.74 Å². The van der Waals surface area contributed by atoms with Crippen molar-refractivity contribution in [3.63, 3.8) is 0 Å². The van der Waals surface area contributed by atoms with Crippen LogP contribution in [-0.4, -0.2) is 62.4 Å². The fraction of sp³-hybridized carbons (Fsp3) is 0.381. The monoisotopic (exact) mass is 419 g/mol. The predicted octanol–water partition coefficient (Wildman–Crippen LogP) is 4.24. The lowest BCUT2D eigenvalue weighted by atomic mass is 10.1. The number of rotatable bonds is 8. The van der Waals surface area contributed by atoms with Gasteiger partial charge in [-0.15, -0.1) is 0 Å². The van der Waals surface area contributed by atoms with Crippen LogP contribution in [0.15, 0.2) is 42.5 Å². The molecule has 7 nitrogen and oxygen atoms in total. The number of hydrogen-bond donors (Lipinski definition) is 0. The van der Waals surface area contributed by atoms with Crippen LogP contribution >= 0.6 is 7.67 Å². The third-order valence-corrected chi connectivity index (χ3v) is 6.89. The molecule has 1 amide bonds. The lowest BCUT2D eigenvalue weighted by Gasteiger charge is -2.29. The minimum atomic E-state index is -3.06. The fourth-order valence-corrected chi connectivity index (χ4v) is 4.14. The molecule has 0 bridgehead atoms. The largest absolute Gasteiger partial charge is 0.457 e. The number of benzene rings is 2. The highest BCUT2D eigenvalue weighted by Crippen LogP contribution is 2.51. The van der Waals surface area contributed by atoms with Gasteiger partial charge in [0.1, 0.15) is 11.5 Å². The number of amides is 1. The van der Waals surface area contributed by atoms with E-state index < -0.39 is 7.67 Å². The molecule has 0 spiro atoms. The molecule has 2 aromatic carbocycles. The van der Waals surface area contributed by atoms with Crippen molar-refractivity contribution in [2.24, 2.45) is 0 Å². The fourth-order valence-electron chi connectivity index (χ4n) is 2.64. The molecule has 29 heavy (non-hydrogen) atoms. The molecule has 2 aromatic rings. The second-order valence-corrected chi connectivity index (χ2v) is 10.2. The lowest BCUT2D eigenvalue weighted by molar-refractivity contribution is 0.0827. The third kappa shape index (κ3) is 5.67. The van der Waals surface area contributed by atoms with Gasteiger partial charge in [-0.05, 0) is 76.6 Å². The van der Waals surface area contributed by atoms with Gasteiger partial charge in [-0.1, -0.05) is 12.1 Å². The second-order valence-electron chi connectivity index (χ2n) is 7.38. The van der Waals surface area contributed by atoms with Gasteiger partial charge in [0.05, 0.1) is 6.61 Å². The summed E-state index contributed by atoms with van der Waals surface area (Å²) in [5, 5.41) is 0. The van der Waals surface area contributed by atoms with Crippen molar-refractivity contribution in [1.82, 2.24) is 14.2 Å². The first-order chi connectivity index (χ1) is 13.5. The second kappa shape index (κ2) is 9.55. The van der Waals surface area contributed by atoms with E-state index in [0.29, 0.717) is 17.1 Å². The van der Waals surface area contributed by atoms with E-state index in [1.165, 1.54) is 4.90 Å². The quantitative estimate of drug-likeness (QED) is 0.597. The topological polar surface area (TPSA) is 62.3 Å². The molecule has 0 aromatic heterocycles. The number of carbonyl (C=O) groups is 1. The molecule has 0 aliphatic heterocycles. The maximum absolute atomic E-state index is 12.9. The zero-order valence-electron chi connectivity index (χ0n) is 18.2. The highest BCUT2D eigenvalue weighted by Gasteiger charge is 2.29. The highest BCUT2D eigenvalue weighted by molar-refractivity contribution is 7.53. The van der Waals surface area contributed by atoms with Gasteiger partial charge in [0, 0.05) is 19.7 Å². The van der Waals surface area contributed by atoms with E-state index in [0.717, 1.165) is 11.1 Å². The Bertz CT molecular complexity index is 883. The number of hydrogen-bond acceptors (Lipinski definition) is 4. The van der Waals surface area contributed by atoms with Gasteiger partial charge in [0.15, 0.2) is 0 Å². The van der Waals surface area contributed by atoms with Crippen molar-refractivity contribution in [2.45, 2.75) is 13.5 Å². The zero-order chi connectivity index (χ0) is 21.8. The summed E-state index contributed by atoms with van der Waals surface area (Å²) in [5.74, 6) is 1.26. The van der Waals surface area contributed by atoms with E-state index in [2.05, 4.69) is 0 Å². The van der Waals surface area contributed by atoms with Crippen LogP contribution in [-0.2, 0) is 15.7 Å². The Hall–Kier alpha value is -2.18. The van der Waals surface area contributed by atoms with Crippen LogP contribution in [0.2, 0.25) is 0 Å². The van der Waals surface area contributed by atoms with E-state index in [1.807, 2.05) is 25.1 Å². The van der Waals surface area contributed by atoms with Crippen molar-refractivity contribution in [3.05, 3.63) is 59.2 Å². The van der Waals surface area contributed by atoms with Gasteiger partial charge in [-0.25, -0.2) is 9.34 Å². The molecule has 8 heteroatoms. The summed E-state index contributed by atoms with van der Waals surface area (Å²) < 4.78 is 27.9. The zero-order valence-corrected chi connectivity index (χ0v) is 19.1. The van der Waals surface area contributed by atoms with Crippen LogP contribution in [0.1, 0.15) is 21.5 Å². The Morgan fingerprint density at radius 1 is 0.931 bits per heavy atom. The predicted molar refractivity (Wildman–Crippen MR) is 115 cm³/mol. The summed E-state index contributed by atoms with van der Waals surface area (Å²) in [4.78, 5) is 13.5.